The summed E-state index contributed by atoms with van der Waals surface area (Å²) in [7, 11) is 0. The van der Waals surface area contributed by atoms with Gasteiger partial charge in [0, 0.05) is 6.07 Å². The Hall–Kier alpha value is -2.55. The van der Waals surface area contributed by atoms with Gasteiger partial charge in [-0.25, -0.2) is 4.39 Å². The van der Waals surface area contributed by atoms with Gasteiger partial charge in [-0.2, -0.15) is 18.4 Å². The maximum absolute atomic E-state index is 13.3. The van der Waals surface area contributed by atoms with Gasteiger partial charge in [0.1, 0.15) is 24.2 Å². The Morgan fingerprint density at radius 3 is 2.48 bits per heavy atom. The van der Waals surface area contributed by atoms with Crippen molar-refractivity contribution in [3.63, 3.8) is 0 Å². The zero-order valence-electron chi connectivity index (χ0n) is 10.6. The molecule has 2 aromatic rings. The van der Waals surface area contributed by atoms with Gasteiger partial charge < -0.3 is 4.74 Å². The van der Waals surface area contributed by atoms with Crippen molar-refractivity contribution in [3.8, 4) is 11.8 Å². The first-order valence-electron chi connectivity index (χ1n) is 5.89. The molecule has 21 heavy (non-hydrogen) atoms. The average Bonchev–Trinajstić information content (AvgIpc) is 2.45. The van der Waals surface area contributed by atoms with E-state index < -0.39 is 17.6 Å². The molecule has 0 amide bonds. The zero-order chi connectivity index (χ0) is 15.5. The van der Waals surface area contributed by atoms with Crippen LogP contribution in [-0.4, -0.2) is 0 Å². The SMILES string of the molecule is N#Cc1ccc(OCc2cccc(C(F)(F)F)c2)cc1F. The average molecular weight is 295 g/mol. The van der Waals surface area contributed by atoms with Gasteiger partial charge in [-0.05, 0) is 29.8 Å². The molecule has 2 rings (SSSR count). The summed E-state index contributed by atoms with van der Waals surface area (Å²) < 4.78 is 56.2. The Balaban J connectivity index is 2.10. The lowest BCUT2D eigenvalue weighted by atomic mass is 10.1. The first-order valence-corrected chi connectivity index (χ1v) is 5.89. The van der Waals surface area contributed by atoms with Gasteiger partial charge in [0.15, 0.2) is 0 Å². The van der Waals surface area contributed by atoms with E-state index in [1.165, 1.54) is 24.3 Å². The summed E-state index contributed by atoms with van der Waals surface area (Å²) in [6.07, 6.45) is -4.42. The summed E-state index contributed by atoms with van der Waals surface area (Å²) in [6.45, 7) is -0.130. The maximum atomic E-state index is 13.3. The smallest absolute Gasteiger partial charge is 0.416 e. The van der Waals surface area contributed by atoms with Crippen molar-refractivity contribution in [2.45, 2.75) is 12.8 Å². The van der Waals surface area contributed by atoms with E-state index in [9.17, 15) is 17.6 Å². The highest BCUT2D eigenvalue weighted by atomic mass is 19.4. The van der Waals surface area contributed by atoms with Crippen molar-refractivity contribution < 1.29 is 22.3 Å². The van der Waals surface area contributed by atoms with Crippen LogP contribution in [0.4, 0.5) is 17.6 Å². The van der Waals surface area contributed by atoms with Gasteiger partial charge in [-0.1, -0.05) is 12.1 Å². The molecule has 0 aliphatic heterocycles. The first kappa shape index (κ1) is 14.9. The van der Waals surface area contributed by atoms with Crippen molar-refractivity contribution in [2.24, 2.45) is 0 Å². The number of rotatable bonds is 3. The van der Waals surface area contributed by atoms with Crippen LogP contribution in [0, 0.1) is 17.1 Å². The number of nitrogens with zero attached hydrogens (tertiary/aromatic N) is 1. The van der Waals surface area contributed by atoms with E-state index >= 15 is 0 Å². The molecule has 0 aromatic heterocycles. The fourth-order valence-electron chi connectivity index (χ4n) is 1.68. The quantitative estimate of drug-likeness (QED) is 0.791. The zero-order valence-corrected chi connectivity index (χ0v) is 10.6. The summed E-state index contributed by atoms with van der Waals surface area (Å²) in [5, 5.41) is 8.59. The van der Waals surface area contributed by atoms with Crippen LogP contribution in [0.3, 0.4) is 0 Å². The molecule has 0 bridgehead atoms. The lowest BCUT2D eigenvalue weighted by molar-refractivity contribution is -0.137. The highest BCUT2D eigenvalue weighted by molar-refractivity contribution is 5.36. The number of ether oxygens (including phenoxy) is 1. The Morgan fingerprint density at radius 1 is 1.10 bits per heavy atom. The minimum absolute atomic E-state index is 0.124. The summed E-state index contributed by atoms with van der Waals surface area (Å²) in [6, 6.07) is 10.0. The number of alkyl halides is 3. The molecular weight excluding hydrogens is 286 g/mol. The van der Waals surface area contributed by atoms with Crippen molar-refractivity contribution in [1.82, 2.24) is 0 Å². The van der Waals surface area contributed by atoms with Gasteiger partial charge in [-0.3, -0.25) is 0 Å². The van der Waals surface area contributed by atoms with Gasteiger partial charge in [0.25, 0.3) is 0 Å². The van der Waals surface area contributed by atoms with Crippen LogP contribution in [0.25, 0.3) is 0 Å². The van der Waals surface area contributed by atoms with Crippen LogP contribution < -0.4 is 4.74 Å². The molecule has 0 saturated carbocycles. The second-order valence-electron chi connectivity index (χ2n) is 4.24. The van der Waals surface area contributed by atoms with E-state index in [2.05, 4.69) is 0 Å². The van der Waals surface area contributed by atoms with E-state index in [0.717, 1.165) is 18.2 Å². The van der Waals surface area contributed by atoms with E-state index in [1.54, 1.807) is 6.07 Å². The molecule has 0 aliphatic carbocycles. The Labute approximate surface area is 118 Å². The summed E-state index contributed by atoms with van der Waals surface area (Å²) >= 11 is 0. The van der Waals surface area contributed by atoms with E-state index in [-0.39, 0.29) is 17.9 Å². The van der Waals surface area contributed by atoms with Gasteiger partial charge in [0.05, 0.1) is 11.1 Å². The molecule has 0 fully saturated rings. The van der Waals surface area contributed by atoms with Gasteiger partial charge in [0.2, 0.25) is 0 Å². The highest BCUT2D eigenvalue weighted by Crippen LogP contribution is 2.29. The molecule has 108 valence electrons. The molecule has 0 spiro atoms. The van der Waals surface area contributed by atoms with Crippen LogP contribution in [0.15, 0.2) is 42.5 Å². The monoisotopic (exact) mass is 295 g/mol. The fraction of sp³-hybridized carbons (Fsp3) is 0.133. The van der Waals surface area contributed by atoms with E-state index in [0.29, 0.717) is 5.56 Å². The first-order chi connectivity index (χ1) is 9.90. The molecule has 2 nitrogen and oxygen atoms in total. The second kappa shape index (κ2) is 5.83. The Morgan fingerprint density at radius 2 is 1.86 bits per heavy atom. The fourth-order valence-corrected chi connectivity index (χ4v) is 1.68. The van der Waals surface area contributed by atoms with E-state index in [4.69, 9.17) is 10.00 Å². The lowest BCUT2D eigenvalue weighted by Crippen LogP contribution is -2.06. The van der Waals surface area contributed by atoms with Gasteiger partial charge in [-0.15, -0.1) is 0 Å². The molecular formula is C15H9F4NO. The molecule has 0 unspecified atom stereocenters. The third kappa shape index (κ3) is 3.72. The molecule has 0 aliphatic rings. The second-order valence-corrected chi connectivity index (χ2v) is 4.24. The van der Waals surface area contributed by atoms with E-state index in [1.807, 2.05) is 0 Å². The summed E-state index contributed by atoms with van der Waals surface area (Å²) in [4.78, 5) is 0. The van der Waals surface area contributed by atoms with Crippen molar-refractivity contribution >= 4 is 0 Å². The lowest BCUT2D eigenvalue weighted by Gasteiger charge is -2.10. The van der Waals surface area contributed by atoms with Crippen LogP contribution in [0.2, 0.25) is 0 Å². The Bertz CT molecular complexity index is 689. The van der Waals surface area contributed by atoms with Crippen molar-refractivity contribution in [3.05, 3.63) is 65.0 Å². The molecule has 0 radical (unpaired) electrons. The molecule has 0 atom stereocenters. The minimum atomic E-state index is -4.42. The van der Waals surface area contributed by atoms with Crippen LogP contribution in [-0.2, 0) is 12.8 Å². The summed E-state index contributed by atoms with van der Waals surface area (Å²) in [5.41, 5.74) is -0.578. The number of hydrogen-bond acceptors (Lipinski definition) is 2. The maximum Gasteiger partial charge on any atom is 0.416 e. The van der Waals surface area contributed by atoms with Crippen molar-refractivity contribution in [2.75, 3.05) is 0 Å². The van der Waals surface area contributed by atoms with Gasteiger partial charge >= 0.3 is 6.18 Å². The largest absolute Gasteiger partial charge is 0.489 e. The number of hydrogen-bond donors (Lipinski definition) is 0. The third-order valence-corrected chi connectivity index (χ3v) is 2.72. The van der Waals surface area contributed by atoms with Crippen LogP contribution in [0.5, 0.6) is 5.75 Å². The molecule has 0 saturated heterocycles. The molecule has 2 aromatic carbocycles. The predicted molar refractivity (Wildman–Crippen MR) is 66.9 cm³/mol. The van der Waals surface area contributed by atoms with Crippen LogP contribution >= 0.6 is 0 Å². The normalized spacial score (nSPS) is 11.0. The third-order valence-electron chi connectivity index (χ3n) is 2.72. The Kier molecular flexibility index (Phi) is 4.13. The van der Waals surface area contributed by atoms with Crippen LogP contribution in [0.1, 0.15) is 16.7 Å². The summed E-state index contributed by atoms with van der Waals surface area (Å²) in [5.74, 6) is -0.594. The predicted octanol–water partition coefficient (Wildman–Crippen LogP) is 4.30. The number of nitriles is 1. The number of benzene rings is 2. The standard InChI is InChI=1S/C15H9F4NO/c16-14-7-13(5-4-11(14)8-20)21-9-10-2-1-3-12(6-10)15(17,18)19/h1-7H,9H2. The van der Waals surface area contributed by atoms with Crippen molar-refractivity contribution in [1.29, 1.82) is 5.26 Å². The minimum Gasteiger partial charge on any atom is -0.489 e. The molecule has 6 heteroatoms. The highest BCUT2D eigenvalue weighted by Gasteiger charge is 2.30. The topological polar surface area (TPSA) is 33.0 Å². The molecule has 0 N–H and O–H groups in total. The molecule has 0 heterocycles. The number of halogens is 4.